The van der Waals surface area contributed by atoms with Gasteiger partial charge in [0, 0.05) is 13.0 Å². The summed E-state index contributed by atoms with van der Waals surface area (Å²) in [6.07, 6.45) is 2.85. The number of nitrogens with zero attached hydrogens (tertiary/aromatic N) is 2. The van der Waals surface area contributed by atoms with Crippen LogP contribution in [0.25, 0.3) is 0 Å². The highest BCUT2D eigenvalue weighted by molar-refractivity contribution is 5.89. The van der Waals surface area contributed by atoms with E-state index in [9.17, 15) is 9.18 Å². The van der Waals surface area contributed by atoms with E-state index >= 15 is 0 Å². The zero-order valence-electron chi connectivity index (χ0n) is 10.2. The zero-order chi connectivity index (χ0) is 13.5. The van der Waals surface area contributed by atoms with Gasteiger partial charge in [-0.05, 0) is 18.6 Å². The van der Waals surface area contributed by atoms with Crippen LogP contribution in [-0.4, -0.2) is 27.8 Å². The molecule has 0 radical (unpaired) electrons. The van der Waals surface area contributed by atoms with E-state index in [-0.39, 0.29) is 5.69 Å². The number of nitrogens with one attached hydrogen (secondary N) is 3. The Morgan fingerprint density at radius 2 is 2.21 bits per heavy atom. The first-order valence-electron chi connectivity index (χ1n) is 5.89. The number of hydrogen-bond donors (Lipinski definition) is 3. The third-order valence-corrected chi connectivity index (χ3v) is 2.46. The van der Waals surface area contributed by atoms with Gasteiger partial charge in [-0.15, -0.1) is 0 Å². The maximum Gasteiger partial charge on any atom is 0.319 e. The van der Waals surface area contributed by atoms with Crippen molar-refractivity contribution in [2.45, 2.75) is 12.8 Å². The Kier molecular flexibility index (Phi) is 4.44. The monoisotopic (exact) mass is 263 g/mol. The molecule has 0 aliphatic carbocycles. The molecule has 6 nitrogen and oxygen atoms in total. The average Bonchev–Trinajstić information content (AvgIpc) is 2.91. The lowest BCUT2D eigenvalue weighted by Gasteiger charge is -2.07. The molecule has 0 saturated carbocycles. The molecule has 0 spiro atoms. The maximum atomic E-state index is 13.3. The number of urea groups is 1. The maximum absolute atomic E-state index is 13.3. The molecule has 7 heteroatoms. The lowest BCUT2D eigenvalue weighted by Crippen LogP contribution is -2.30. The fourth-order valence-electron chi connectivity index (χ4n) is 1.54. The summed E-state index contributed by atoms with van der Waals surface area (Å²) in [5, 5.41) is 11.5. The number of anilines is 1. The van der Waals surface area contributed by atoms with Crippen molar-refractivity contribution in [1.82, 2.24) is 20.5 Å². The largest absolute Gasteiger partial charge is 0.338 e. The van der Waals surface area contributed by atoms with Gasteiger partial charge in [-0.2, -0.15) is 5.10 Å². The van der Waals surface area contributed by atoms with Crippen LogP contribution in [0.5, 0.6) is 0 Å². The van der Waals surface area contributed by atoms with Crippen molar-refractivity contribution >= 4 is 11.7 Å². The smallest absolute Gasteiger partial charge is 0.319 e. The number of benzene rings is 1. The predicted octanol–water partition coefficient (Wildman–Crippen LogP) is 1.70. The molecule has 2 amide bonds. The van der Waals surface area contributed by atoms with Crippen molar-refractivity contribution in [3.63, 3.8) is 0 Å². The van der Waals surface area contributed by atoms with Crippen LogP contribution in [0.15, 0.2) is 30.6 Å². The summed E-state index contributed by atoms with van der Waals surface area (Å²) in [6.45, 7) is 0.473. The highest BCUT2D eigenvalue weighted by atomic mass is 19.1. The zero-order valence-corrected chi connectivity index (χ0v) is 10.2. The van der Waals surface area contributed by atoms with E-state index in [0.29, 0.717) is 13.0 Å². The van der Waals surface area contributed by atoms with E-state index < -0.39 is 11.8 Å². The summed E-state index contributed by atoms with van der Waals surface area (Å²) < 4.78 is 13.3. The number of halogens is 1. The summed E-state index contributed by atoms with van der Waals surface area (Å²) in [6, 6.07) is 5.59. The average molecular weight is 263 g/mol. The number of carbonyl (C=O) groups is 1. The van der Waals surface area contributed by atoms with E-state index in [4.69, 9.17) is 0 Å². The Hall–Kier alpha value is -2.44. The van der Waals surface area contributed by atoms with Gasteiger partial charge in [0.15, 0.2) is 0 Å². The minimum absolute atomic E-state index is 0.162. The highest BCUT2D eigenvalue weighted by Crippen LogP contribution is 2.11. The Morgan fingerprint density at radius 1 is 1.37 bits per heavy atom. The lowest BCUT2D eigenvalue weighted by atomic mass is 10.3. The highest BCUT2D eigenvalue weighted by Gasteiger charge is 2.05. The summed E-state index contributed by atoms with van der Waals surface area (Å²) in [4.78, 5) is 15.5. The van der Waals surface area contributed by atoms with Crippen molar-refractivity contribution in [3.8, 4) is 0 Å². The van der Waals surface area contributed by atoms with Crippen LogP contribution >= 0.6 is 0 Å². The summed E-state index contributed by atoms with van der Waals surface area (Å²) in [5.41, 5.74) is 0.162. The van der Waals surface area contributed by atoms with Crippen LogP contribution in [0.3, 0.4) is 0 Å². The first-order chi connectivity index (χ1) is 9.25. The molecule has 0 aliphatic rings. The van der Waals surface area contributed by atoms with Gasteiger partial charge in [0.1, 0.15) is 18.0 Å². The topological polar surface area (TPSA) is 82.7 Å². The van der Waals surface area contributed by atoms with Crippen molar-refractivity contribution in [3.05, 3.63) is 42.2 Å². The minimum atomic E-state index is -0.459. The van der Waals surface area contributed by atoms with Crippen LogP contribution < -0.4 is 10.6 Å². The molecule has 1 aromatic heterocycles. The molecule has 2 aromatic rings. The molecule has 2 rings (SSSR count). The Morgan fingerprint density at radius 3 is 2.95 bits per heavy atom. The van der Waals surface area contributed by atoms with Gasteiger partial charge in [0.25, 0.3) is 0 Å². The van der Waals surface area contributed by atoms with Gasteiger partial charge in [0.2, 0.25) is 0 Å². The summed E-state index contributed by atoms with van der Waals surface area (Å²) >= 11 is 0. The summed E-state index contributed by atoms with van der Waals surface area (Å²) in [7, 11) is 0. The molecule has 1 aromatic carbocycles. The normalized spacial score (nSPS) is 10.2. The molecule has 0 saturated heterocycles. The molecule has 100 valence electrons. The minimum Gasteiger partial charge on any atom is -0.338 e. The van der Waals surface area contributed by atoms with E-state index in [2.05, 4.69) is 25.8 Å². The fraction of sp³-hybridized carbons (Fsp3) is 0.250. The van der Waals surface area contributed by atoms with E-state index in [1.807, 2.05) is 0 Å². The number of para-hydroxylation sites is 1. The van der Waals surface area contributed by atoms with Gasteiger partial charge >= 0.3 is 6.03 Å². The number of aromatic amines is 1. The number of hydrogen-bond acceptors (Lipinski definition) is 3. The van der Waals surface area contributed by atoms with Gasteiger partial charge in [0.05, 0.1) is 5.69 Å². The number of aryl methyl sites for hydroxylation is 1. The number of aromatic nitrogens is 3. The van der Waals surface area contributed by atoms with E-state index in [0.717, 1.165) is 12.2 Å². The van der Waals surface area contributed by atoms with E-state index in [1.54, 1.807) is 12.1 Å². The molecule has 1 heterocycles. The van der Waals surface area contributed by atoms with Crippen molar-refractivity contribution in [2.75, 3.05) is 11.9 Å². The third kappa shape index (κ3) is 4.06. The first-order valence-corrected chi connectivity index (χ1v) is 5.89. The number of amides is 2. The van der Waals surface area contributed by atoms with Gasteiger partial charge in [-0.3, -0.25) is 5.10 Å². The number of rotatable bonds is 5. The SMILES string of the molecule is O=C(NCCCc1ncn[nH]1)Nc1ccccc1F. The van der Waals surface area contributed by atoms with Crippen LogP contribution in [0.1, 0.15) is 12.2 Å². The third-order valence-electron chi connectivity index (χ3n) is 2.46. The van der Waals surface area contributed by atoms with Crippen LogP contribution in [-0.2, 0) is 6.42 Å². The van der Waals surface area contributed by atoms with Gasteiger partial charge in [-0.25, -0.2) is 14.2 Å². The van der Waals surface area contributed by atoms with Crippen molar-refractivity contribution in [2.24, 2.45) is 0 Å². The fourth-order valence-corrected chi connectivity index (χ4v) is 1.54. The molecule has 0 fully saturated rings. The molecule has 0 bridgehead atoms. The van der Waals surface area contributed by atoms with Crippen LogP contribution in [0.4, 0.5) is 14.9 Å². The molecule has 3 N–H and O–H groups in total. The Labute approximate surface area is 109 Å². The standard InChI is InChI=1S/C12H14FN5O/c13-9-4-1-2-5-10(9)17-12(19)14-7-3-6-11-15-8-16-18-11/h1-2,4-5,8H,3,6-7H2,(H2,14,17,19)(H,15,16,18). The quantitative estimate of drug-likeness (QED) is 0.718. The van der Waals surface area contributed by atoms with Crippen LogP contribution in [0, 0.1) is 5.82 Å². The van der Waals surface area contributed by atoms with Gasteiger partial charge < -0.3 is 10.6 Å². The first kappa shape index (κ1) is 13.0. The second kappa shape index (κ2) is 6.48. The molecule has 19 heavy (non-hydrogen) atoms. The molecule has 0 unspecified atom stereocenters. The van der Waals surface area contributed by atoms with E-state index in [1.165, 1.54) is 18.5 Å². The predicted molar refractivity (Wildman–Crippen MR) is 68.1 cm³/mol. The number of H-pyrrole nitrogens is 1. The Balaban J connectivity index is 1.69. The van der Waals surface area contributed by atoms with Crippen molar-refractivity contribution < 1.29 is 9.18 Å². The van der Waals surface area contributed by atoms with Gasteiger partial charge in [-0.1, -0.05) is 12.1 Å². The van der Waals surface area contributed by atoms with Crippen LogP contribution in [0.2, 0.25) is 0 Å². The Bertz CT molecular complexity index is 529. The molecular weight excluding hydrogens is 249 g/mol. The number of carbonyl (C=O) groups excluding carboxylic acids is 1. The molecule has 0 atom stereocenters. The lowest BCUT2D eigenvalue weighted by molar-refractivity contribution is 0.252. The molecule has 0 aliphatic heterocycles. The van der Waals surface area contributed by atoms with Crippen molar-refractivity contribution in [1.29, 1.82) is 0 Å². The second-order valence-electron chi connectivity index (χ2n) is 3.90. The second-order valence-corrected chi connectivity index (χ2v) is 3.90. The molecular formula is C12H14FN5O. The summed E-state index contributed by atoms with van der Waals surface area (Å²) in [5.74, 6) is 0.315.